The minimum atomic E-state index is -5.00. The number of halogens is 4. The molecule has 2 aromatic rings. The van der Waals surface area contributed by atoms with Crippen LogP contribution in [0.15, 0.2) is 33.9 Å². The molecule has 1 aliphatic carbocycles. The Morgan fingerprint density at radius 1 is 1.17 bits per heavy atom. The van der Waals surface area contributed by atoms with Gasteiger partial charge in [-0.3, -0.25) is 14.2 Å². The Balaban J connectivity index is 2.10. The van der Waals surface area contributed by atoms with Gasteiger partial charge in [-0.2, -0.15) is 13.2 Å². The second-order valence-electron chi connectivity index (χ2n) is 6.38. The number of aromatic nitrogens is 2. The summed E-state index contributed by atoms with van der Waals surface area (Å²) in [7, 11) is -3.17. The van der Waals surface area contributed by atoms with Crippen molar-refractivity contribution in [3.05, 3.63) is 62.2 Å². The highest BCUT2D eigenvalue weighted by molar-refractivity contribution is 7.91. The Bertz CT molecular complexity index is 1230. The number of alkyl halides is 3. The molecule has 8 nitrogen and oxygen atoms in total. The van der Waals surface area contributed by atoms with Gasteiger partial charge >= 0.3 is 11.9 Å². The van der Waals surface area contributed by atoms with Gasteiger partial charge in [0.15, 0.2) is 0 Å². The number of nitrogens with zero attached hydrogens (tertiary/aromatic N) is 2. The molecule has 1 heterocycles. The van der Waals surface area contributed by atoms with Gasteiger partial charge in [-0.15, -0.1) is 0 Å². The summed E-state index contributed by atoms with van der Waals surface area (Å²) in [5.74, 6) is -2.31. The van der Waals surface area contributed by atoms with Gasteiger partial charge in [0.2, 0.25) is 10.0 Å². The van der Waals surface area contributed by atoms with Crippen LogP contribution < -0.4 is 16.0 Å². The number of hydrogen-bond acceptors (Lipinski definition) is 5. The normalized spacial score (nSPS) is 14.7. The monoisotopic (exact) mass is 435 g/mol. The van der Waals surface area contributed by atoms with Crippen LogP contribution in [-0.2, 0) is 23.2 Å². The standard InChI is InChI=1S/C16H13F4N3O5S/c1-22-12(16(18,19)20)7-13(24)23(15(22)26)11-6-8(2-5-10(11)17)14(25)21-29(27,28)9-3-4-9/h2,5-7,9H,3-4H2,1H3,(H,21,25). The van der Waals surface area contributed by atoms with Gasteiger partial charge < -0.3 is 0 Å². The van der Waals surface area contributed by atoms with Crippen molar-refractivity contribution in [3.63, 3.8) is 0 Å². The molecule has 13 heteroatoms. The topological polar surface area (TPSA) is 107 Å². The molecule has 0 radical (unpaired) electrons. The summed E-state index contributed by atoms with van der Waals surface area (Å²) in [6.45, 7) is 0. The number of rotatable bonds is 4. The SMILES string of the molecule is Cn1c(C(F)(F)F)cc(=O)n(-c2cc(C(=O)NS(=O)(=O)C3CC3)ccc2F)c1=O. The first-order chi connectivity index (χ1) is 13.3. The molecule has 0 aliphatic heterocycles. The fraction of sp³-hybridized carbons (Fsp3) is 0.312. The average Bonchev–Trinajstić information content (AvgIpc) is 3.44. The summed E-state index contributed by atoms with van der Waals surface area (Å²) in [6.07, 6.45) is -4.23. The summed E-state index contributed by atoms with van der Waals surface area (Å²) in [6, 6.07) is 2.43. The molecular formula is C16H13F4N3O5S. The zero-order valence-electron chi connectivity index (χ0n) is 14.7. The van der Waals surface area contributed by atoms with E-state index in [1.165, 1.54) is 0 Å². The fourth-order valence-corrected chi connectivity index (χ4v) is 3.89. The molecule has 1 aromatic heterocycles. The van der Waals surface area contributed by atoms with E-state index in [9.17, 15) is 40.4 Å². The van der Waals surface area contributed by atoms with Crippen LogP contribution in [0.25, 0.3) is 5.69 Å². The van der Waals surface area contributed by atoms with Crippen LogP contribution in [0.1, 0.15) is 28.9 Å². The zero-order chi connectivity index (χ0) is 21.7. The highest BCUT2D eigenvalue weighted by atomic mass is 32.2. The van der Waals surface area contributed by atoms with E-state index in [1.54, 1.807) is 4.72 Å². The molecule has 1 amide bonds. The first-order valence-electron chi connectivity index (χ1n) is 8.09. The molecule has 156 valence electrons. The first-order valence-corrected chi connectivity index (χ1v) is 9.63. The lowest BCUT2D eigenvalue weighted by molar-refractivity contribution is -0.144. The molecule has 1 aromatic carbocycles. The molecule has 0 bridgehead atoms. The van der Waals surface area contributed by atoms with Crippen LogP contribution >= 0.6 is 0 Å². The maximum absolute atomic E-state index is 14.2. The number of carbonyl (C=O) groups excluding carboxylic acids is 1. The van der Waals surface area contributed by atoms with Gasteiger partial charge in [0, 0.05) is 18.7 Å². The lowest BCUT2D eigenvalue weighted by atomic mass is 10.2. The number of nitrogens with one attached hydrogen (secondary N) is 1. The van der Waals surface area contributed by atoms with Crippen molar-refractivity contribution in [1.29, 1.82) is 0 Å². The third kappa shape index (κ3) is 3.95. The predicted molar refractivity (Wildman–Crippen MR) is 91.6 cm³/mol. The third-order valence-corrected chi connectivity index (χ3v) is 6.08. The smallest absolute Gasteiger partial charge is 0.292 e. The van der Waals surface area contributed by atoms with Gasteiger partial charge in [-0.1, -0.05) is 0 Å². The quantitative estimate of drug-likeness (QED) is 0.719. The molecule has 29 heavy (non-hydrogen) atoms. The van der Waals surface area contributed by atoms with Crippen molar-refractivity contribution in [2.45, 2.75) is 24.3 Å². The van der Waals surface area contributed by atoms with E-state index in [0.29, 0.717) is 25.0 Å². The van der Waals surface area contributed by atoms with Crippen LogP contribution in [-0.4, -0.2) is 28.7 Å². The van der Waals surface area contributed by atoms with E-state index < -0.39 is 61.4 Å². The van der Waals surface area contributed by atoms with Crippen molar-refractivity contribution < 1.29 is 30.8 Å². The molecule has 3 rings (SSSR count). The highest BCUT2D eigenvalue weighted by Gasteiger charge is 2.37. The highest BCUT2D eigenvalue weighted by Crippen LogP contribution is 2.28. The van der Waals surface area contributed by atoms with Gasteiger partial charge in [-0.25, -0.2) is 26.9 Å². The van der Waals surface area contributed by atoms with E-state index in [4.69, 9.17) is 0 Å². The van der Waals surface area contributed by atoms with Gasteiger partial charge in [0.05, 0.1) is 10.9 Å². The summed E-state index contributed by atoms with van der Waals surface area (Å²) in [5.41, 5.74) is -5.69. The Hall–Kier alpha value is -2.96. The lowest BCUT2D eigenvalue weighted by Gasteiger charge is -2.14. The predicted octanol–water partition coefficient (Wildman–Crippen LogP) is 0.916. The van der Waals surface area contributed by atoms with Crippen LogP contribution in [0.4, 0.5) is 17.6 Å². The molecule has 0 atom stereocenters. The summed E-state index contributed by atoms with van der Waals surface area (Å²) in [5, 5.41) is -0.712. The number of sulfonamides is 1. The molecule has 1 N–H and O–H groups in total. The van der Waals surface area contributed by atoms with Gasteiger partial charge in [0.1, 0.15) is 11.5 Å². The van der Waals surface area contributed by atoms with E-state index in [-0.39, 0.29) is 15.2 Å². The molecule has 1 saturated carbocycles. The zero-order valence-corrected chi connectivity index (χ0v) is 15.5. The van der Waals surface area contributed by atoms with E-state index in [0.717, 1.165) is 13.1 Å². The lowest BCUT2D eigenvalue weighted by Crippen LogP contribution is -2.41. The van der Waals surface area contributed by atoms with E-state index in [2.05, 4.69) is 0 Å². The maximum atomic E-state index is 14.2. The summed E-state index contributed by atoms with van der Waals surface area (Å²) in [4.78, 5) is 36.6. The Morgan fingerprint density at radius 2 is 1.79 bits per heavy atom. The Kier molecular flexibility index (Phi) is 4.89. The van der Waals surface area contributed by atoms with Crippen LogP contribution in [0.2, 0.25) is 0 Å². The number of amides is 1. The molecule has 0 spiro atoms. The minimum Gasteiger partial charge on any atom is -0.292 e. The molecule has 1 aliphatic rings. The minimum absolute atomic E-state index is 0.116. The number of hydrogen-bond donors (Lipinski definition) is 1. The van der Waals surface area contributed by atoms with E-state index in [1.807, 2.05) is 0 Å². The van der Waals surface area contributed by atoms with Gasteiger partial charge in [-0.05, 0) is 31.0 Å². The average molecular weight is 435 g/mol. The number of carbonyl (C=O) groups is 1. The van der Waals surface area contributed by atoms with Crippen molar-refractivity contribution in [2.24, 2.45) is 7.05 Å². The third-order valence-electron chi connectivity index (χ3n) is 4.26. The first kappa shape index (κ1) is 20.8. The van der Waals surface area contributed by atoms with Gasteiger partial charge in [0.25, 0.3) is 11.5 Å². The fourth-order valence-electron chi connectivity index (χ4n) is 2.59. The maximum Gasteiger partial charge on any atom is 0.431 e. The Labute approximate surface area is 160 Å². The second-order valence-corrected chi connectivity index (χ2v) is 8.35. The summed E-state index contributed by atoms with van der Waals surface area (Å²) >= 11 is 0. The second kappa shape index (κ2) is 6.83. The van der Waals surface area contributed by atoms with Crippen LogP contribution in [0, 0.1) is 5.82 Å². The van der Waals surface area contributed by atoms with Crippen LogP contribution in [0.3, 0.4) is 0 Å². The van der Waals surface area contributed by atoms with Crippen molar-refractivity contribution in [2.75, 3.05) is 0 Å². The molecule has 0 unspecified atom stereocenters. The summed E-state index contributed by atoms with van der Waals surface area (Å²) < 4.78 is 78.8. The molecule has 0 saturated heterocycles. The number of benzene rings is 1. The van der Waals surface area contributed by atoms with E-state index >= 15 is 0 Å². The van der Waals surface area contributed by atoms with Crippen molar-refractivity contribution >= 4 is 15.9 Å². The Morgan fingerprint density at radius 3 is 2.34 bits per heavy atom. The molecule has 1 fully saturated rings. The van der Waals surface area contributed by atoms with Crippen LogP contribution in [0.5, 0.6) is 0 Å². The molecular weight excluding hydrogens is 422 g/mol. The van der Waals surface area contributed by atoms with Crippen molar-refractivity contribution in [1.82, 2.24) is 13.9 Å². The largest absolute Gasteiger partial charge is 0.431 e. The van der Waals surface area contributed by atoms with Crippen molar-refractivity contribution in [3.8, 4) is 5.69 Å².